The van der Waals surface area contributed by atoms with Gasteiger partial charge in [-0.25, -0.2) is 0 Å². The van der Waals surface area contributed by atoms with Gasteiger partial charge in [0.05, 0.1) is 0 Å². The number of para-hydroxylation sites is 1. The lowest BCUT2D eigenvalue weighted by molar-refractivity contribution is 0.152. The molecule has 0 saturated carbocycles. The Bertz CT molecular complexity index is 987. The van der Waals surface area contributed by atoms with Crippen LogP contribution in [0.25, 0.3) is 5.65 Å². The van der Waals surface area contributed by atoms with Gasteiger partial charge in [-0.1, -0.05) is 24.3 Å². The van der Waals surface area contributed by atoms with Gasteiger partial charge in [-0.3, -0.25) is 14.3 Å². The summed E-state index contributed by atoms with van der Waals surface area (Å²) in [4.78, 5) is 9.70. The third kappa shape index (κ3) is 7.29. The molecule has 0 atom stereocenters. The normalized spacial score (nSPS) is 14.8. The standard InChI is InChI=1S/C24H33N7O.HI/c1-2-25-24(26-13-8-12-23-28-27-22-11-6-7-14-31(22)23)30-17-15-29(16-18-30)19-20-32-21-9-4-3-5-10-21;/h3-7,9-11,14H,2,8,12-13,15-20H2,1H3,(H,25,26);1H. The molecule has 0 unspecified atom stereocenters. The Kier molecular flexibility index (Phi) is 10.2. The SMILES string of the molecule is CCNC(=NCCCc1nnc2ccccn12)N1CCN(CCOc2ccccc2)CC1.I. The van der Waals surface area contributed by atoms with Crippen LogP contribution in [0.2, 0.25) is 0 Å². The number of rotatable bonds is 9. The number of pyridine rings is 1. The summed E-state index contributed by atoms with van der Waals surface area (Å²) in [5.74, 6) is 2.94. The van der Waals surface area contributed by atoms with E-state index < -0.39 is 0 Å². The van der Waals surface area contributed by atoms with Crippen LogP contribution < -0.4 is 10.1 Å². The zero-order chi connectivity index (χ0) is 22.0. The number of halogens is 1. The van der Waals surface area contributed by atoms with E-state index in [9.17, 15) is 0 Å². The maximum Gasteiger partial charge on any atom is 0.194 e. The van der Waals surface area contributed by atoms with Gasteiger partial charge in [0.15, 0.2) is 11.6 Å². The lowest BCUT2D eigenvalue weighted by Crippen LogP contribution is -2.53. The zero-order valence-electron chi connectivity index (χ0n) is 19.3. The van der Waals surface area contributed by atoms with Gasteiger partial charge in [0, 0.05) is 58.4 Å². The van der Waals surface area contributed by atoms with Crippen LogP contribution in [0.5, 0.6) is 5.75 Å². The molecule has 33 heavy (non-hydrogen) atoms. The minimum Gasteiger partial charge on any atom is -0.492 e. The molecular formula is C24H34IN7O. The Labute approximate surface area is 213 Å². The Morgan fingerprint density at radius 1 is 1.03 bits per heavy atom. The summed E-state index contributed by atoms with van der Waals surface area (Å²) in [5, 5.41) is 12.0. The van der Waals surface area contributed by atoms with Crippen LogP contribution in [0.1, 0.15) is 19.2 Å². The first-order valence-corrected chi connectivity index (χ1v) is 11.6. The number of hydrogen-bond acceptors (Lipinski definition) is 5. The summed E-state index contributed by atoms with van der Waals surface area (Å²) < 4.78 is 7.89. The van der Waals surface area contributed by atoms with E-state index in [4.69, 9.17) is 9.73 Å². The Morgan fingerprint density at radius 3 is 2.61 bits per heavy atom. The number of piperazine rings is 1. The molecule has 3 aromatic rings. The largest absolute Gasteiger partial charge is 0.492 e. The summed E-state index contributed by atoms with van der Waals surface area (Å²) in [7, 11) is 0. The number of hydrogen-bond donors (Lipinski definition) is 1. The molecule has 1 saturated heterocycles. The average Bonchev–Trinajstić information content (AvgIpc) is 3.25. The minimum absolute atomic E-state index is 0. The van der Waals surface area contributed by atoms with Crippen LogP contribution in [0.15, 0.2) is 59.7 Å². The van der Waals surface area contributed by atoms with E-state index in [2.05, 4.69) is 36.6 Å². The second kappa shape index (κ2) is 13.3. The fourth-order valence-electron chi connectivity index (χ4n) is 3.90. The van der Waals surface area contributed by atoms with E-state index in [1.165, 1.54) is 0 Å². The fraction of sp³-hybridized carbons (Fsp3) is 0.458. The van der Waals surface area contributed by atoms with Gasteiger partial charge in [0.1, 0.15) is 18.2 Å². The molecule has 2 aromatic heterocycles. The summed E-state index contributed by atoms with van der Waals surface area (Å²) in [6, 6.07) is 16.0. The number of benzene rings is 1. The van der Waals surface area contributed by atoms with Gasteiger partial charge in [0.25, 0.3) is 0 Å². The quantitative estimate of drug-likeness (QED) is 0.187. The van der Waals surface area contributed by atoms with E-state index >= 15 is 0 Å². The van der Waals surface area contributed by atoms with Crippen molar-refractivity contribution in [2.45, 2.75) is 19.8 Å². The first kappa shape index (κ1) is 25.2. The van der Waals surface area contributed by atoms with E-state index in [1.54, 1.807) is 0 Å². The third-order valence-corrected chi connectivity index (χ3v) is 5.63. The van der Waals surface area contributed by atoms with Crippen molar-refractivity contribution in [3.05, 3.63) is 60.6 Å². The van der Waals surface area contributed by atoms with Crippen molar-refractivity contribution in [1.29, 1.82) is 0 Å². The van der Waals surface area contributed by atoms with Gasteiger partial charge in [-0.2, -0.15) is 0 Å². The molecule has 0 spiro atoms. The molecule has 1 aliphatic rings. The number of fused-ring (bicyclic) bond motifs is 1. The minimum atomic E-state index is 0. The van der Waals surface area contributed by atoms with Crippen molar-refractivity contribution < 1.29 is 4.74 Å². The topological polar surface area (TPSA) is 70.3 Å². The number of guanidine groups is 1. The van der Waals surface area contributed by atoms with Crippen molar-refractivity contribution in [1.82, 2.24) is 29.7 Å². The first-order chi connectivity index (χ1) is 15.8. The highest BCUT2D eigenvalue weighted by molar-refractivity contribution is 14.0. The van der Waals surface area contributed by atoms with Gasteiger partial charge in [0.2, 0.25) is 0 Å². The molecule has 9 heteroatoms. The lowest BCUT2D eigenvalue weighted by Gasteiger charge is -2.36. The number of aryl methyl sites for hydroxylation is 1. The molecule has 1 N–H and O–H groups in total. The smallest absolute Gasteiger partial charge is 0.194 e. The summed E-state index contributed by atoms with van der Waals surface area (Å²) in [6.07, 6.45) is 3.83. The number of nitrogens with zero attached hydrogens (tertiary/aromatic N) is 6. The Morgan fingerprint density at radius 2 is 1.82 bits per heavy atom. The second-order valence-electron chi connectivity index (χ2n) is 7.87. The summed E-state index contributed by atoms with van der Waals surface area (Å²) >= 11 is 0. The number of nitrogens with one attached hydrogen (secondary N) is 1. The maximum absolute atomic E-state index is 5.84. The van der Waals surface area contributed by atoms with Crippen LogP contribution >= 0.6 is 24.0 Å². The van der Waals surface area contributed by atoms with Gasteiger partial charge in [-0.15, -0.1) is 34.2 Å². The monoisotopic (exact) mass is 563 g/mol. The van der Waals surface area contributed by atoms with Gasteiger partial charge in [-0.05, 0) is 37.6 Å². The second-order valence-corrected chi connectivity index (χ2v) is 7.87. The number of ether oxygens (including phenoxy) is 1. The molecule has 0 amide bonds. The molecule has 8 nitrogen and oxygen atoms in total. The first-order valence-electron chi connectivity index (χ1n) is 11.6. The molecule has 1 aromatic carbocycles. The van der Waals surface area contributed by atoms with Crippen LogP contribution in [-0.2, 0) is 6.42 Å². The van der Waals surface area contributed by atoms with Crippen LogP contribution in [-0.4, -0.2) is 82.8 Å². The Hall–Kier alpha value is -2.40. The van der Waals surface area contributed by atoms with Gasteiger partial charge < -0.3 is 15.0 Å². The van der Waals surface area contributed by atoms with Crippen molar-refractivity contribution in [2.75, 3.05) is 52.4 Å². The van der Waals surface area contributed by atoms with Crippen molar-refractivity contribution >= 4 is 35.6 Å². The molecule has 1 aliphatic heterocycles. The van der Waals surface area contributed by atoms with Crippen molar-refractivity contribution in [2.24, 2.45) is 4.99 Å². The number of aromatic nitrogens is 3. The zero-order valence-corrected chi connectivity index (χ0v) is 21.6. The highest BCUT2D eigenvalue weighted by Crippen LogP contribution is 2.09. The number of aliphatic imine (C=N–C) groups is 1. The van der Waals surface area contributed by atoms with Crippen LogP contribution in [0.3, 0.4) is 0 Å². The maximum atomic E-state index is 5.84. The fourth-order valence-corrected chi connectivity index (χ4v) is 3.90. The summed E-state index contributed by atoms with van der Waals surface area (Å²) in [6.45, 7) is 9.43. The van der Waals surface area contributed by atoms with Gasteiger partial charge >= 0.3 is 0 Å². The Balaban J connectivity index is 0.00000306. The molecule has 3 heterocycles. The molecule has 0 radical (unpaired) electrons. The molecular weight excluding hydrogens is 529 g/mol. The van der Waals surface area contributed by atoms with E-state index in [0.29, 0.717) is 0 Å². The molecule has 0 bridgehead atoms. The van der Waals surface area contributed by atoms with E-state index in [1.807, 2.05) is 54.7 Å². The molecule has 0 aliphatic carbocycles. The molecule has 4 rings (SSSR count). The van der Waals surface area contributed by atoms with Crippen molar-refractivity contribution in [3.63, 3.8) is 0 Å². The average molecular weight is 563 g/mol. The van der Waals surface area contributed by atoms with E-state index in [0.717, 1.165) is 88.4 Å². The summed E-state index contributed by atoms with van der Waals surface area (Å²) in [5.41, 5.74) is 0.895. The lowest BCUT2D eigenvalue weighted by atomic mass is 10.3. The van der Waals surface area contributed by atoms with Crippen LogP contribution in [0, 0.1) is 0 Å². The molecule has 178 valence electrons. The van der Waals surface area contributed by atoms with Crippen molar-refractivity contribution in [3.8, 4) is 5.75 Å². The van der Waals surface area contributed by atoms with Crippen LogP contribution in [0.4, 0.5) is 0 Å². The third-order valence-electron chi connectivity index (χ3n) is 5.63. The predicted octanol–water partition coefficient (Wildman–Crippen LogP) is 2.94. The molecule has 1 fully saturated rings. The highest BCUT2D eigenvalue weighted by atomic mass is 127. The highest BCUT2D eigenvalue weighted by Gasteiger charge is 2.19. The van der Waals surface area contributed by atoms with E-state index in [-0.39, 0.29) is 24.0 Å². The predicted molar refractivity (Wildman–Crippen MR) is 143 cm³/mol.